The zero-order valence-corrected chi connectivity index (χ0v) is 12.8. The summed E-state index contributed by atoms with van der Waals surface area (Å²) in [6.07, 6.45) is 4.52. The van der Waals surface area contributed by atoms with Gasteiger partial charge in [-0.2, -0.15) is 4.98 Å². The maximum Gasteiger partial charge on any atom is 0.222 e. The lowest BCUT2D eigenvalue weighted by atomic mass is 9.78. The minimum atomic E-state index is 0.273. The summed E-state index contributed by atoms with van der Waals surface area (Å²) < 4.78 is 0. The van der Waals surface area contributed by atoms with Crippen molar-refractivity contribution in [3.8, 4) is 0 Å². The highest BCUT2D eigenvalue weighted by atomic mass is 16.2. The number of anilines is 2. The van der Waals surface area contributed by atoms with Gasteiger partial charge in [-0.05, 0) is 25.7 Å². The maximum absolute atomic E-state index is 11.5. The first-order valence-corrected chi connectivity index (χ1v) is 8.03. The molecule has 1 aliphatic heterocycles. The second-order valence-electron chi connectivity index (χ2n) is 6.23. The molecule has 0 atom stereocenters. The Bertz CT molecular complexity index is 543. The van der Waals surface area contributed by atoms with Crippen molar-refractivity contribution in [2.75, 3.05) is 30.7 Å². The van der Waals surface area contributed by atoms with E-state index < -0.39 is 0 Å². The Morgan fingerprint density at radius 2 is 2.18 bits per heavy atom. The quantitative estimate of drug-likeness (QED) is 0.667. The molecule has 7 heteroatoms. The minimum absolute atomic E-state index is 0.273. The van der Waals surface area contributed by atoms with E-state index in [0.29, 0.717) is 18.3 Å². The van der Waals surface area contributed by atoms with Crippen LogP contribution in [0, 0.1) is 0 Å². The molecule has 1 aromatic heterocycles. The Balaban J connectivity index is 1.48. The molecule has 7 nitrogen and oxygen atoms in total. The number of nitrogens with zero attached hydrogens (tertiary/aromatic N) is 3. The molecule has 1 saturated heterocycles. The Labute approximate surface area is 130 Å². The molecule has 0 bridgehead atoms. The zero-order chi connectivity index (χ0) is 15.5. The van der Waals surface area contributed by atoms with E-state index in [1.165, 1.54) is 0 Å². The van der Waals surface area contributed by atoms with Gasteiger partial charge in [-0.3, -0.25) is 4.79 Å². The summed E-state index contributed by atoms with van der Waals surface area (Å²) >= 11 is 0. The average molecular weight is 304 g/mol. The van der Waals surface area contributed by atoms with Crippen LogP contribution in [0.25, 0.3) is 0 Å². The molecule has 1 aromatic rings. The molecule has 3 rings (SSSR count). The number of rotatable bonds is 6. The van der Waals surface area contributed by atoms with Crippen LogP contribution >= 0.6 is 0 Å². The van der Waals surface area contributed by atoms with Crippen LogP contribution in [-0.4, -0.2) is 46.5 Å². The van der Waals surface area contributed by atoms with Gasteiger partial charge < -0.3 is 21.7 Å². The molecule has 2 fully saturated rings. The van der Waals surface area contributed by atoms with Crippen LogP contribution in [0.3, 0.4) is 0 Å². The van der Waals surface area contributed by atoms with E-state index in [2.05, 4.69) is 15.3 Å². The fourth-order valence-corrected chi connectivity index (χ4v) is 3.12. The Kier molecular flexibility index (Phi) is 4.42. The molecule has 0 radical (unpaired) electrons. The molecule has 0 aromatic carbocycles. The molecule has 1 amide bonds. The van der Waals surface area contributed by atoms with Crippen molar-refractivity contribution in [3.63, 3.8) is 0 Å². The summed E-state index contributed by atoms with van der Waals surface area (Å²) in [6, 6.07) is 2.25. The molecule has 0 unspecified atom stereocenters. The predicted octanol–water partition coefficient (Wildman–Crippen LogP) is 0.688. The van der Waals surface area contributed by atoms with Gasteiger partial charge in [-0.25, -0.2) is 4.98 Å². The molecular weight excluding hydrogens is 280 g/mol. The molecule has 2 heterocycles. The molecule has 1 aliphatic carbocycles. The number of nitrogens with one attached hydrogen (secondary N) is 1. The minimum Gasteiger partial charge on any atom is -0.370 e. The van der Waals surface area contributed by atoms with Gasteiger partial charge >= 0.3 is 0 Å². The number of carbonyl (C=O) groups is 1. The Morgan fingerprint density at radius 1 is 1.36 bits per heavy atom. The topological polar surface area (TPSA) is 110 Å². The molecule has 120 valence electrons. The number of likely N-dealkylation sites (tertiary alicyclic amines) is 1. The molecule has 1 saturated carbocycles. The van der Waals surface area contributed by atoms with E-state index in [1.807, 2.05) is 11.0 Å². The van der Waals surface area contributed by atoms with Gasteiger partial charge in [0.15, 0.2) is 0 Å². The van der Waals surface area contributed by atoms with Crippen molar-refractivity contribution in [2.24, 2.45) is 5.73 Å². The van der Waals surface area contributed by atoms with Crippen molar-refractivity contribution in [3.05, 3.63) is 11.8 Å². The smallest absolute Gasteiger partial charge is 0.222 e. The highest BCUT2D eigenvalue weighted by molar-refractivity contribution is 5.78. The van der Waals surface area contributed by atoms with Crippen LogP contribution in [0.1, 0.15) is 43.7 Å². The van der Waals surface area contributed by atoms with Crippen LogP contribution in [0.4, 0.5) is 11.8 Å². The summed E-state index contributed by atoms with van der Waals surface area (Å²) in [6.45, 7) is 2.46. The van der Waals surface area contributed by atoms with Crippen molar-refractivity contribution in [1.82, 2.24) is 14.9 Å². The average Bonchev–Trinajstić information content (AvgIpc) is 2.85. The number of carbonyl (C=O) groups excluding carboxylic acids is 1. The van der Waals surface area contributed by atoms with Gasteiger partial charge in [0, 0.05) is 44.1 Å². The predicted molar refractivity (Wildman–Crippen MR) is 85.3 cm³/mol. The maximum atomic E-state index is 11.5. The number of amides is 1. The normalized spacial score (nSPS) is 24.4. The molecule has 2 aliphatic rings. The van der Waals surface area contributed by atoms with Crippen LogP contribution < -0.4 is 16.8 Å². The number of nitrogen functional groups attached to an aromatic ring is 1. The molecule has 22 heavy (non-hydrogen) atoms. The monoisotopic (exact) mass is 304 g/mol. The second kappa shape index (κ2) is 6.48. The molecular formula is C15H24N6O. The zero-order valence-electron chi connectivity index (χ0n) is 12.8. The van der Waals surface area contributed by atoms with E-state index >= 15 is 0 Å². The van der Waals surface area contributed by atoms with Crippen molar-refractivity contribution in [2.45, 2.75) is 44.1 Å². The van der Waals surface area contributed by atoms with E-state index in [0.717, 1.165) is 56.8 Å². The van der Waals surface area contributed by atoms with Crippen LogP contribution in [-0.2, 0) is 4.79 Å². The largest absolute Gasteiger partial charge is 0.370 e. The standard InChI is InChI=1S/C15H24N6O/c16-11-7-10(8-11)12-9-13(20-15(17)19-12)18-4-2-6-21-5-1-3-14(21)22/h9-11H,1-8,16H2,(H3,17,18,19,20). The summed E-state index contributed by atoms with van der Waals surface area (Å²) in [7, 11) is 0. The Morgan fingerprint density at radius 3 is 2.86 bits per heavy atom. The lowest BCUT2D eigenvalue weighted by Crippen LogP contribution is -2.35. The van der Waals surface area contributed by atoms with Crippen LogP contribution in [0.2, 0.25) is 0 Å². The fraction of sp³-hybridized carbons (Fsp3) is 0.667. The number of hydrogen-bond donors (Lipinski definition) is 3. The first-order valence-electron chi connectivity index (χ1n) is 8.03. The van der Waals surface area contributed by atoms with Crippen LogP contribution in [0.15, 0.2) is 6.07 Å². The second-order valence-corrected chi connectivity index (χ2v) is 6.23. The lowest BCUT2D eigenvalue weighted by Gasteiger charge is -2.32. The summed E-state index contributed by atoms with van der Waals surface area (Å²) in [5.74, 6) is 1.74. The number of aromatic nitrogens is 2. The third-order valence-corrected chi connectivity index (χ3v) is 4.44. The highest BCUT2D eigenvalue weighted by Crippen LogP contribution is 2.35. The summed E-state index contributed by atoms with van der Waals surface area (Å²) in [5.41, 5.74) is 12.6. The first-order chi connectivity index (χ1) is 10.6. The fourth-order valence-electron chi connectivity index (χ4n) is 3.12. The Hall–Kier alpha value is -1.89. The third kappa shape index (κ3) is 3.47. The summed E-state index contributed by atoms with van der Waals surface area (Å²) in [4.78, 5) is 22.0. The van der Waals surface area contributed by atoms with Crippen LogP contribution in [0.5, 0.6) is 0 Å². The SMILES string of the molecule is Nc1nc(NCCCN2CCCC2=O)cc(C2CC(N)C2)n1. The third-order valence-electron chi connectivity index (χ3n) is 4.44. The number of hydrogen-bond acceptors (Lipinski definition) is 6. The highest BCUT2D eigenvalue weighted by Gasteiger charge is 2.29. The van der Waals surface area contributed by atoms with Gasteiger partial charge in [-0.15, -0.1) is 0 Å². The first kappa shape index (κ1) is 15.0. The van der Waals surface area contributed by atoms with Gasteiger partial charge in [0.1, 0.15) is 5.82 Å². The van der Waals surface area contributed by atoms with E-state index in [-0.39, 0.29) is 11.9 Å². The van der Waals surface area contributed by atoms with E-state index in [4.69, 9.17) is 11.5 Å². The van der Waals surface area contributed by atoms with Gasteiger partial charge in [0.25, 0.3) is 0 Å². The van der Waals surface area contributed by atoms with Crippen molar-refractivity contribution in [1.29, 1.82) is 0 Å². The van der Waals surface area contributed by atoms with Crippen molar-refractivity contribution < 1.29 is 4.79 Å². The van der Waals surface area contributed by atoms with Gasteiger partial charge in [-0.1, -0.05) is 0 Å². The number of nitrogens with two attached hydrogens (primary N) is 2. The van der Waals surface area contributed by atoms with E-state index in [9.17, 15) is 4.79 Å². The molecule has 5 N–H and O–H groups in total. The molecule has 0 spiro atoms. The van der Waals surface area contributed by atoms with Gasteiger partial charge in [0.2, 0.25) is 11.9 Å². The summed E-state index contributed by atoms with van der Waals surface area (Å²) in [5, 5.41) is 3.28. The lowest BCUT2D eigenvalue weighted by molar-refractivity contribution is -0.127. The van der Waals surface area contributed by atoms with Gasteiger partial charge in [0.05, 0.1) is 5.69 Å². The van der Waals surface area contributed by atoms with Crippen molar-refractivity contribution >= 4 is 17.7 Å². The van der Waals surface area contributed by atoms with E-state index in [1.54, 1.807) is 0 Å².